The molecule has 0 saturated heterocycles. The second-order valence-electron chi connectivity index (χ2n) is 5.32. The average molecular weight is 343 g/mol. The lowest BCUT2D eigenvalue weighted by Crippen LogP contribution is -2.07. The topological polar surface area (TPSA) is 47.6 Å². The third-order valence-corrected chi connectivity index (χ3v) is 3.25. The number of rotatable bonds is 8. The molecule has 0 fully saturated rings. The van der Waals surface area contributed by atoms with E-state index in [2.05, 4.69) is 5.32 Å². The molecule has 0 spiro atoms. The van der Waals surface area contributed by atoms with Crippen molar-refractivity contribution in [1.29, 1.82) is 0 Å². The summed E-state index contributed by atoms with van der Waals surface area (Å²) in [5, 5.41) is 2.61. The minimum absolute atomic E-state index is 0.338. The van der Waals surface area contributed by atoms with Crippen molar-refractivity contribution in [2.24, 2.45) is 0 Å². The second kappa shape index (κ2) is 9.47. The Balaban J connectivity index is 2.06. The van der Waals surface area contributed by atoms with Crippen LogP contribution in [0.15, 0.2) is 48.5 Å². The van der Waals surface area contributed by atoms with E-state index in [1.807, 2.05) is 32.0 Å². The van der Waals surface area contributed by atoms with Crippen LogP contribution in [0, 0.1) is 5.82 Å². The van der Waals surface area contributed by atoms with Crippen molar-refractivity contribution >= 4 is 17.7 Å². The van der Waals surface area contributed by atoms with E-state index in [1.54, 1.807) is 12.1 Å². The molecule has 132 valence electrons. The first-order valence-electron chi connectivity index (χ1n) is 8.26. The zero-order chi connectivity index (χ0) is 18.1. The van der Waals surface area contributed by atoms with Crippen molar-refractivity contribution in [3.63, 3.8) is 0 Å². The maximum absolute atomic E-state index is 13.1. The Morgan fingerprint density at radius 1 is 1.12 bits per heavy atom. The Labute approximate surface area is 147 Å². The number of carbonyl (C=O) groups is 1. The van der Waals surface area contributed by atoms with E-state index >= 15 is 0 Å². The summed E-state index contributed by atoms with van der Waals surface area (Å²) < 4.78 is 24.4. The first-order valence-corrected chi connectivity index (χ1v) is 8.26. The van der Waals surface area contributed by atoms with Crippen molar-refractivity contribution in [2.75, 3.05) is 18.5 Å². The van der Waals surface area contributed by atoms with Gasteiger partial charge in [-0.25, -0.2) is 4.39 Å². The van der Waals surface area contributed by atoms with E-state index in [4.69, 9.17) is 9.47 Å². The molecule has 1 amide bonds. The molecule has 0 aliphatic carbocycles. The molecule has 0 saturated carbocycles. The van der Waals surface area contributed by atoms with Gasteiger partial charge < -0.3 is 14.8 Å². The molecule has 0 aromatic heterocycles. The molecule has 25 heavy (non-hydrogen) atoms. The molecule has 1 N–H and O–H groups in total. The second-order valence-corrected chi connectivity index (χ2v) is 5.32. The third kappa shape index (κ3) is 5.95. The molecule has 0 radical (unpaired) electrons. The van der Waals surface area contributed by atoms with Gasteiger partial charge in [-0.15, -0.1) is 0 Å². The first-order chi connectivity index (χ1) is 12.1. The molecular formula is C20H22FNO3. The predicted molar refractivity (Wildman–Crippen MR) is 97.5 cm³/mol. The van der Waals surface area contributed by atoms with Gasteiger partial charge in [0, 0.05) is 11.8 Å². The SMILES string of the molecule is CCCOc1ccc(/C=C/C(=O)Nc2cccc(F)c2)cc1OCC. The highest BCUT2D eigenvalue weighted by Crippen LogP contribution is 2.29. The zero-order valence-corrected chi connectivity index (χ0v) is 14.4. The molecule has 0 aliphatic heterocycles. The number of anilines is 1. The van der Waals surface area contributed by atoms with Crippen molar-refractivity contribution in [3.05, 3.63) is 59.9 Å². The van der Waals surface area contributed by atoms with E-state index in [1.165, 1.54) is 24.3 Å². The number of nitrogens with one attached hydrogen (secondary N) is 1. The van der Waals surface area contributed by atoms with Crippen molar-refractivity contribution < 1.29 is 18.7 Å². The summed E-state index contributed by atoms with van der Waals surface area (Å²) >= 11 is 0. The summed E-state index contributed by atoms with van der Waals surface area (Å²) in [7, 11) is 0. The first kappa shape index (κ1) is 18.5. The van der Waals surface area contributed by atoms with Gasteiger partial charge in [-0.05, 0) is 55.3 Å². The Morgan fingerprint density at radius 3 is 2.68 bits per heavy atom. The van der Waals surface area contributed by atoms with Gasteiger partial charge in [0.05, 0.1) is 13.2 Å². The Bertz CT molecular complexity index is 743. The van der Waals surface area contributed by atoms with E-state index in [9.17, 15) is 9.18 Å². The van der Waals surface area contributed by atoms with Crippen molar-refractivity contribution in [2.45, 2.75) is 20.3 Å². The number of hydrogen-bond donors (Lipinski definition) is 1. The smallest absolute Gasteiger partial charge is 0.248 e. The number of halogens is 1. The van der Waals surface area contributed by atoms with Crippen LogP contribution in [0.2, 0.25) is 0 Å². The summed E-state index contributed by atoms with van der Waals surface area (Å²) in [5.41, 5.74) is 1.22. The van der Waals surface area contributed by atoms with Gasteiger partial charge >= 0.3 is 0 Å². The van der Waals surface area contributed by atoms with Crippen LogP contribution in [-0.2, 0) is 4.79 Å². The molecule has 4 nitrogen and oxygen atoms in total. The van der Waals surface area contributed by atoms with Crippen LogP contribution in [0.1, 0.15) is 25.8 Å². The van der Waals surface area contributed by atoms with Crippen LogP contribution in [0.4, 0.5) is 10.1 Å². The monoisotopic (exact) mass is 343 g/mol. The number of benzene rings is 2. The largest absolute Gasteiger partial charge is 0.490 e. The Morgan fingerprint density at radius 2 is 1.96 bits per heavy atom. The normalized spacial score (nSPS) is 10.7. The predicted octanol–water partition coefficient (Wildman–Crippen LogP) is 4.67. The van der Waals surface area contributed by atoms with Gasteiger partial charge in [-0.3, -0.25) is 4.79 Å². The van der Waals surface area contributed by atoms with Crippen molar-refractivity contribution in [3.8, 4) is 11.5 Å². The van der Waals surface area contributed by atoms with Crippen LogP contribution in [0.25, 0.3) is 6.08 Å². The number of hydrogen-bond acceptors (Lipinski definition) is 3. The summed E-state index contributed by atoms with van der Waals surface area (Å²) in [6.07, 6.45) is 3.97. The van der Waals surface area contributed by atoms with Crippen LogP contribution in [0.3, 0.4) is 0 Å². The fourth-order valence-corrected chi connectivity index (χ4v) is 2.15. The zero-order valence-electron chi connectivity index (χ0n) is 14.4. The third-order valence-electron chi connectivity index (χ3n) is 3.25. The minimum atomic E-state index is -0.397. The molecule has 0 unspecified atom stereocenters. The fraction of sp³-hybridized carbons (Fsp3) is 0.250. The maximum atomic E-state index is 13.1. The Kier molecular flexibility index (Phi) is 7.01. The molecule has 0 atom stereocenters. The van der Waals surface area contributed by atoms with E-state index in [0.29, 0.717) is 30.4 Å². The van der Waals surface area contributed by atoms with Gasteiger partial charge in [0.15, 0.2) is 11.5 Å². The molecule has 2 rings (SSSR count). The standard InChI is InChI=1S/C20H22FNO3/c1-3-12-25-18-10-8-15(13-19(18)24-4-2)9-11-20(23)22-17-7-5-6-16(21)14-17/h5-11,13-14H,3-4,12H2,1-2H3,(H,22,23)/b11-9+. The molecular weight excluding hydrogens is 321 g/mol. The van der Waals surface area contributed by atoms with Crippen LogP contribution >= 0.6 is 0 Å². The van der Waals surface area contributed by atoms with Crippen LogP contribution < -0.4 is 14.8 Å². The van der Waals surface area contributed by atoms with Gasteiger partial charge in [-0.1, -0.05) is 19.1 Å². The average Bonchev–Trinajstić information content (AvgIpc) is 2.59. The summed E-state index contributed by atoms with van der Waals surface area (Å²) in [6, 6.07) is 11.2. The lowest BCUT2D eigenvalue weighted by Gasteiger charge is -2.12. The highest BCUT2D eigenvalue weighted by molar-refractivity contribution is 6.01. The molecule has 0 aliphatic rings. The van der Waals surface area contributed by atoms with Gasteiger partial charge in [0.2, 0.25) is 5.91 Å². The lowest BCUT2D eigenvalue weighted by atomic mass is 10.2. The highest BCUT2D eigenvalue weighted by atomic mass is 19.1. The molecule has 2 aromatic carbocycles. The van der Waals surface area contributed by atoms with E-state index < -0.39 is 5.82 Å². The lowest BCUT2D eigenvalue weighted by molar-refractivity contribution is -0.111. The summed E-state index contributed by atoms with van der Waals surface area (Å²) in [5.74, 6) is 0.592. The number of ether oxygens (including phenoxy) is 2. The van der Waals surface area contributed by atoms with E-state index in [0.717, 1.165) is 12.0 Å². The highest BCUT2D eigenvalue weighted by Gasteiger charge is 2.06. The number of carbonyl (C=O) groups excluding carboxylic acids is 1. The Hall–Kier alpha value is -2.82. The molecule has 0 heterocycles. The minimum Gasteiger partial charge on any atom is -0.490 e. The maximum Gasteiger partial charge on any atom is 0.248 e. The number of amides is 1. The molecule has 2 aromatic rings. The fourth-order valence-electron chi connectivity index (χ4n) is 2.15. The van der Waals surface area contributed by atoms with E-state index in [-0.39, 0.29) is 5.91 Å². The van der Waals surface area contributed by atoms with Crippen molar-refractivity contribution in [1.82, 2.24) is 0 Å². The van der Waals surface area contributed by atoms with Gasteiger partial charge in [0.25, 0.3) is 0 Å². The van der Waals surface area contributed by atoms with Crippen LogP contribution in [-0.4, -0.2) is 19.1 Å². The summed E-state index contributed by atoms with van der Waals surface area (Å²) in [6.45, 7) is 5.08. The quantitative estimate of drug-likeness (QED) is 0.709. The molecule has 5 heteroatoms. The van der Waals surface area contributed by atoms with Crippen LogP contribution in [0.5, 0.6) is 11.5 Å². The molecule has 0 bridgehead atoms. The summed E-state index contributed by atoms with van der Waals surface area (Å²) in [4.78, 5) is 11.9. The van der Waals surface area contributed by atoms with Gasteiger partial charge in [-0.2, -0.15) is 0 Å². The van der Waals surface area contributed by atoms with Gasteiger partial charge in [0.1, 0.15) is 5.82 Å².